The highest BCUT2D eigenvalue weighted by atomic mass is 19.1. The van der Waals surface area contributed by atoms with E-state index in [9.17, 15) is 23.9 Å². The van der Waals surface area contributed by atoms with Gasteiger partial charge in [0.2, 0.25) is 5.91 Å². The van der Waals surface area contributed by atoms with E-state index < -0.39 is 22.8 Å². The van der Waals surface area contributed by atoms with Crippen LogP contribution < -0.4 is 10.9 Å². The Morgan fingerprint density at radius 1 is 1.08 bits per heavy atom. The Labute approximate surface area is 213 Å². The minimum atomic E-state index is -0.799. The molecule has 0 bridgehead atoms. The molecule has 0 aliphatic carbocycles. The van der Waals surface area contributed by atoms with Crippen molar-refractivity contribution in [3.05, 3.63) is 69.4 Å². The first-order valence-corrected chi connectivity index (χ1v) is 12.5. The number of halogens is 1. The zero-order valence-electron chi connectivity index (χ0n) is 20.6. The standard InChI is InChI=1S/C27H31FN4O5/c28-20-8-6-18(7-9-20)15-19-16-21-24(30-17-19)25(35)23(26(36)29-10-14-33)27(37)32(21)13-4-12-31-11-3-1-2-5-22(31)34/h6-9,16-17,33,35H,1-5,10-15H2,(H,29,36). The van der Waals surface area contributed by atoms with Crippen LogP contribution in [0, 0.1) is 5.82 Å². The molecule has 0 unspecified atom stereocenters. The summed E-state index contributed by atoms with van der Waals surface area (Å²) in [5.41, 5.74) is 0.937. The number of rotatable bonds is 9. The molecule has 2 aromatic heterocycles. The molecule has 1 fully saturated rings. The number of aliphatic hydroxyl groups excluding tert-OH is 1. The predicted molar refractivity (Wildman–Crippen MR) is 136 cm³/mol. The molecule has 1 saturated heterocycles. The topological polar surface area (TPSA) is 125 Å². The second kappa shape index (κ2) is 12.0. The maximum atomic E-state index is 13.4. The highest BCUT2D eigenvalue weighted by Gasteiger charge is 2.24. The SMILES string of the molecule is O=C(NCCO)c1c(O)c2ncc(Cc3ccc(F)cc3)cc2n(CCCN2CCCCCC2=O)c1=O. The molecule has 3 heterocycles. The molecule has 0 atom stereocenters. The second-order valence-electron chi connectivity index (χ2n) is 9.22. The van der Waals surface area contributed by atoms with Crippen LogP contribution in [0.1, 0.15) is 53.6 Å². The van der Waals surface area contributed by atoms with Crippen LogP contribution in [-0.2, 0) is 17.8 Å². The Hall–Kier alpha value is -3.79. The number of carbonyl (C=O) groups excluding carboxylic acids is 2. The van der Waals surface area contributed by atoms with E-state index in [1.165, 1.54) is 16.7 Å². The summed E-state index contributed by atoms with van der Waals surface area (Å²) in [5.74, 6) is -1.56. The minimum absolute atomic E-state index is 0.0726. The number of likely N-dealkylation sites (tertiary alicyclic amines) is 1. The van der Waals surface area contributed by atoms with E-state index in [1.807, 2.05) is 4.90 Å². The Balaban J connectivity index is 1.70. The van der Waals surface area contributed by atoms with Crippen LogP contribution in [0.5, 0.6) is 5.75 Å². The van der Waals surface area contributed by atoms with Gasteiger partial charge in [-0.15, -0.1) is 0 Å². The van der Waals surface area contributed by atoms with Crippen LogP contribution >= 0.6 is 0 Å². The van der Waals surface area contributed by atoms with Crippen LogP contribution in [0.3, 0.4) is 0 Å². The Kier molecular flexibility index (Phi) is 8.50. The first-order chi connectivity index (χ1) is 17.9. The second-order valence-corrected chi connectivity index (χ2v) is 9.22. The van der Waals surface area contributed by atoms with Gasteiger partial charge in [0, 0.05) is 38.8 Å². The van der Waals surface area contributed by atoms with Crippen molar-refractivity contribution in [2.24, 2.45) is 0 Å². The van der Waals surface area contributed by atoms with E-state index in [1.54, 1.807) is 24.4 Å². The molecule has 196 valence electrons. The number of pyridine rings is 2. The Morgan fingerprint density at radius 2 is 1.86 bits per heavy atom. The lowest BCUT2D eigenvalue weighted by Crippen LogP contribution is -2.36. The summed E-state index contributed by atoms with van der Waals surface area (Å²) in [5, 5.41) is 22.3. The summed E-state index contributed by atoms with van der Waals surface area (Å²) < 4.78 is 14.7. The fourth-order valence-electron chi connectivity index (χ4n) is 4.66. The molecule has 0 radical (unpaired) electrons. The lowest BCUT2D eigenvalue weighted by Gasteiger charge is -2.21. The molecular weight excluding hydrogens is 479 g/mol. The van der Waals surface area contributed by atoms with Gasteiger partial charge in [0.15, 0.2) is 5.75 Å². The zero-order chi connectivity index (χ0) is 26.4. The smallest absolute Gasteiger partial charge is 0.267 e. The number of benzene rings is 1. The fourth-order valence-corrected chi connectivity index (χ4v) is 4.66. The molecule has 10 heteroatoms. The largest absolute Gasteiger partial charge is 0.505 e. The number of fused-ring (bicyclic) bond motifs is 1. The third-order valence-corrected chi connectivity index (χ3v) is 6.56. The monoisotopic (exact) mass is 510 g/mol. The summed E-state index contributed by atoms with van der Waals surface area (Å²) in [6.07, 6.45) is 5.81. The summed E-state index contributed by atoms with van der Waals surface area (Å²) in [6, 6.07) is 7.80. The van der Waals surface area contributed by atoms with Gasteiger partial charge in [0.05, 0.1) is 12.1 Å². The molecule has 1 aliphatic heterocycles. The highest BCUT2D eigenvalue weighted by Crippen LogP contribution is 2.26. The van der Waals surface area contributed by atoms with Crippen LogP contribution in [0.4, 0.5) is 4.39 Å². The number of hydrogen-bond donors (Lipinski definition) is 3. The summed E-state index contributed by atoms with van der Waals surface area (Å²) in [4.78, 5) is 44.7. The number of carbonyl (C=O) groups is 2. The summed E-state index contributed by atoms with van der Waals surface area (Å²) >= 11 is 0. The van der Waals surface area contributed by atoms with Crippen molar-refractivity contribution in [2.75, 3.05) is 26.2 Å². The highest BCUT2D eigenvalue weighted by molar-refractivity contribution is 6.01. The van der Waals surface area contributed by atoms with E-state index in [0.717, 1.165) is 30.4 Å². The van der Waals surface area contributed by atoms with Gasteiger partial charge >= 0.3 is 0 Å². The van der Waals surface area contributed by atoms with Crippen LogP contribution in [-0.4, -0.2) is 62.7 Å². The third kappa shape index (κ3) is 6.14. The molecular formula is C27H31FN4O5. The first kappa shape index (κ1) is 26.3. The van der Waals surface area contributed by atoms with Crippen LogP contribution in [0.25, 0.3) is 11.0 Å². The van der Waals surface area contributed by atoms with Gasteiger partial charge in [0.25, 0.3) is 11.5 Å². The number of nitrogens with one attached hydrogen (secondary N) is 1. The number of aryl methyl sites for hydroxylation is 1. The number of aromatic nitrogens is 2. The van der Waals surface area contributed by atoms with Crippen molar-refractivity contribution in [3.8, 4) is 5.75 Å². The maximum Gasteiger partial charge on any atom is 0.267 e. The Morgan fingerprint density at radius 3 is 2.62 bits per heavy atom. The van der Waals surface area contributed by atoms with Gasteiger partial charge in [-0.05, 0) is 55.0 Å². The van der Waals surface area contributed by atoms with Crippen molar-refractivity contribution in [1.82, 2.24) is 19.8 Å². The van der Waals surface area contributed by atoms with E-state index in [4.69, 9.17) is 5.11 Å². The number of amides is 2. The lowest BCUT2D eigenvalue weighted by atomic mass is 10.1. The Bertz CT molecular complexity index is 1340. The fraction of sp³-hybridized carbons (Fsp3) is 0.407. The number of aromatic hydroxyl groups is 1. The molecule has 0 saturated carbocycles. The number of nitrogens with zero attached hydrogens (tertiary/aromatic N) is 3. The molecule has 1 aromatic carbocycles. The van der Waals surface area contributed by atoms with Crippen molar-refractivity contribution in [3.63, 3.8) is 0 Å². The predicted octanol–water partition coefficient (Wildman–Crippen LogP) is 2.35. The van der Waals surface area contributed by atoms with Gasteiger partial charge in [-0.1, -0.05) is 18.6 Å². The zero-order valence-corrected chi connectivity index (χ0v) is 20.6. The van der Waals surface area contributed by atoms with E-state index in [0.29, 0.717) is 37.9 Å². The maximum absolute atomic E-state index is 13.4. The molecule has 3 N–H and O–H groups in total. The summed E-state index contributed by atoms with van der Waals surface area (Å²) in [7, 11) is 0. The van der Waals surface area contributed by atoms with Gasteiger partial charge in [-0.3, -0.25) is 19.4 Å². The van der Waals surface area contributed by atoms with Crippen LogP contribution in [0.2, 0.25) is 0 Å². The van der Waals surface area contributed by atoms with Gasteiger partial charge in [-0.2, -0.15) is 0 Å². The van der Waals surface area contributed by atoms with Gasteiger partial charge < -0.3 is 25.0 Å². The van der Waals surface area contributed by atoms with Crippen LogP contribution in [0.15, 0.2) is 41.3 Å². The molecule has 3 aromatic rings. The van der Waals surface area contributed by atoms with Gasteiger partial charge in [0.1, 0.15) is 16.9 Å². The first-order valence-electron chi connectivity index (χ1n) is 12.5. The minimum Gasteiger partial charge on any atom is -0.505 e. The lowest BCUT2D eigenvalue weighted by molar-refractivity contribution is -0.130. The van der Waals surface area contributed by atoms with E-state index in [2.05, 4.69) is 10.3 Å². The summed E-state index contributed by atoms with van der Waals surface area (Å²) in [6.45, 7) is 0.978. The van der Waals surface area contributed by atoms with Crippen molar-refractivity contribution < 1.29 is 24.2 Å². The van der Waals surface area contributed by atoms with Gasteiger partial charge in [-0.25, -0.2) is 4.39 Å². The molecule has 1 aliphatic rings. The molecule has 37 heavy (non-hydrogen) atoms. The molecule has 0 spiro atoms. The molecule has 2 amide bonds. The number of hydrogen-bond acceptors (Lipinski definition) is 6. The van der Waals surface area contributed by atoms with Crippen molar-refractivity contribution in [2.45, 2.75) is 45.1 Å². The normalized spacial score (nSPS) is 14.1. The quantitative estimate of drug-likeness (QED) is 0.406. The van der Waals surface area contributed by atoms with Crippen molar-refractivity contribution >= 4 is 22.8 Å². The van der Waals surface area contributed by atoms with E-state index >= 15 is 0 Å². The average molecular weight is 511 g/mol. The third-order valence-electron chi connectivity index (χ3n) is 6.56. The molecule has 4 rings (SSSR count). The van der Waals surface area contributed by atoms with E-state index in [-0.39, 0.29) is 36.9 Å². The number of aliphatic hydroxyl groups is 1. The van der Waals surface area contributed by atoms with Crippen molar-refractivity contribution in [1.29, 1.82) is 0 Å². The average Bonchev–Trinajstić information content (AvgIpc) is 3.09. The molecule has 9 nitrogen and oxygen atoms in total.